The summed E-state index contributed by atoms with van der Waals surface area (Å²) in [5.74, 6) is -2.90. The molecule has 2 aromatic rings. The van der Waals surface area contributed by atoms with Gasteiger partial charge in [0.05, 0.1) is 18.8 Å². The summed E-state index contributed by atoms with van der Waals surface area (Å²) >= 11 is 0. The van der Waals surface area contributed by atoms with Crippen molar-refractivity contribution in [3.8, 4) is 0 Å². The second-order valence-electron chi connectivity index (χ2n) is 6.72. The van der Waals surface area contributed by atoms with Gasteiger partial charge in [0.25, 0.3) is 5.91 Å². The maximum Gasteiger partial charge on any atom is 0.272 e. The van der Waals surface area contributed by atoms with E-state index >= 15 is 0 Å². The minimum atomic E-state index is -4.11. The lowest BCUT2D eigenvalue weighted by Gasteiger charge is -2.28. The van der Waals surface area contributed by atoms with Crippen molar-refractivity contribution < 1.29 is 32.2 Å². The number of hydrogen-bond donors (Lipinski definition) is 4. The maximum atomic E-state index is 13.4. The SMILES string of the molecule is Cn1cc2c(c1C(=O)Nc1ccc(F)c(F)c1)CCC(CO)(CO)NS2(=O)=O. The second kappa shape index (κ2) is 7.24. The quantitative estimate of drug-likeness (QED) is 0.580. The van der Waals surface area contributed by atoms with Gasteiger partial charge in [0, 0.05) is 30.6 Å². The molecular weight excluding hydrogens is 396 g/mol. The number of aliphatic hydroxyl groups is 2. The van der Waals surface area contributed by atoms with Gasteiger partial charge in [-0.05, 0) is 25.0 Å². The van der Waals surface area contributed by atoms with Crippen LogP contribution in [0.15, 0.2) is 29.3 Å². The largest absolute Gasteiger partial charge is 0.394 e. The van der Waals surface area contributed by atoms with E-state index in [0.717, 1.165) is 12.1 Å². The van der Waals surface area contributed by atoms with Crippen molar-refractivity contribution in [1.29, 1.82) is 0 Å². The van der Waals surface area contributed by atoms with Crippen molar-refractivity contribution in [2.45, 2.75) is 23.3 Å². The first-order valence-corrected chi connectivity index (χ1v) is 9.81. The number of carbonyl (C=O) groups is 1. The maximum absolute atomic E-state index is 13.4. The van der Waals surface area contributed by atoms with Crippen molar-refractivity contribution >= 4 is 21.6 Å². The van der Waals surface area contributed by atoms with Gasteiger partial charge in [-0.25, -0.2) is 21.9 Å². The normalized spacial score (nSPS) is 17.6. The summed E-state index contributed by atoms with van der Waals surface area (Å²) in [7, 11) is -2.63. The summed E-state index contributed by atoms with van der Waals surface area (Å²) in [4.78, 5) is 12.6. The Hall–Kier alpha value is -2.34. The number of aryl methyl sites for hydroxylation is 1. The van der Waals surface area contributed by atoms with E-state index < -0.39 is 46.3 Å². The highest BCUT2D eigenvalue weighted by atomic mass is 32.2. The molecular formula is C17H19F2N3O5S. The highest BCUT2D eigenvalue weighted by Crippen LogP contribution is 2.31. The fraction of sp³-hybridized carbons (Fsp3) is 0.353. The lowest BCUT2D eigenvalue weighted by Crippen LogP contribution is -2.53. The molecule has 28 heavy (non-hydrogen) atoms. The summed E-state index contributed by atoms with van der Waals surface area (Å²) < 4.78 is 55.4. The van der Waals surface area contributed by atoms with E-state index in [9.17, 15) is 32.2 Å². The third-order valence-electron chi connectivity index (χ3n) is 4.74. The third-order valence-corrected chi connectivity index (χ3v) is 6.37. The molecule has 0 unspecified atom stereocenters. The topological polar surface area (TPSA) is 121 Å². The molecule has 0 spiro atoms. The fourth-order valence-electron chi connectivity index (χ4n) is 3.21. The van der Waals surface area contributed by atoms with Crippen LogP contribution in [-0.2, 0) is 23.5 Å². The minimum Gasteiger partial charge on any atom is -0.394 e. The number of hydrogen-bond acceptors (Lipinski definition) is 5. The average molecular weight is 415 g/mol. The summed E-state index contributed by atoms with van der Waals surface area (Å²) in [6, 6.07) is 2.86. The Bertz CT molecular complexity index is 1030. The van der Waals surface area contributed by atoms with E-state index in [1.165, 1.54) is 23.9 Å². The van der Waals surface area contributed by atoms with E-state index in [2.05, 4.69) is 10.0 Å². The summed E-state index contributed by atoms with van der Waals surface area (Å²) in [5, 5.41) is 21.5. The molecule has 8 nitrogen and oxygen atoms in total. The predicted octanol–water partition coefficient (Wildman–Crippen LogP) is 0.503. The van der Waals surface area contributed by atoms with Crippen molar-refractivity contribution in [3.63, 3.8) is 0 Å². The first-order chi connectivity index (χ1) is 13.1. The molecule has 1 aromatic carbocycles. The molecule has 0 saturated heterocycles. The van der Waals surface area contributed by atoms with E-state index in [0.29, 0.717) is 0 Å². The van der Waals surface area contributed by atoms with Crippen LogP contribution in [0.25, 0.3) is 0 Å². The van der Waals surface area contributed by atoms with E-state index in [1.54, 1.807) is 0 Å². The number of rotatable bonds is 4. The molecule has 11 heteroatoms. The standard InChI is InChI=1S/C17H19F2N3O5S/c1-22-7-14-11(4-5-17(8-23,9-24)21-28(14,26)27)15(22)16(25)20-10-2-3-12(18)13(19)6-10/h2-3,6-7,21,23-24H,4-5,8-9H2,1H3,(H,20,25). The van der Waals surface area contributed by atoms with Crippen LogP contribution in [0.2, 0.25) is 0 Å². The number of nitrogens with zero attached hydrogens (tertiary/aromatic N) is 1. The van der Waals surface area contributed by atoms with Gasteiger partial charge in [-0.1, -0.05) is 0 Å². The monoisotopic (exact) mass is 415 g/mol. The van der Waals surface area contributed by atoms with Crippen molar-refractivity contribution in [3.05, 3.63) is 47.3 Å². The Morgan fingerprint density at radius 1 is 1.29 bits per heavy atom. The van der Waals surface area contributed by atoms with Crippen molar-refractivity contribution in [2.75, 3.05) is 18.5 Å². The highest BCUT2D eigenvalue weighted by molar-refractivity contribution is 7.89. The molecule has 1 aliphatic rings. The van der Waals surface area contributed by atoms with Crippen LogP contribution in [0.3, 0.4) is 0 Å². The molecule has 0 bridgehead atoms. The van der Waals surface area contributed by atoms with Crippen LogP contribution in [0.4, 0.5) is 14.5 Å². The number of aromatic nitrogens is 1. The van der Waals surface area contributed by atoms with E-state index in [1.807, 2.05) is 0 Å². The molecule has 0 fully saturated rings. The van der Waals surface area contributed by atoms with Gasteiger partial charge in [-0.3, -0.25) is 4.79 Å². The molecule has 152 valence electrons. The number of sulfonamides is 1. The van der Waals surface area contributed by atoms with Crippen LogP contribution >= 0.6 is 0 Å². The first kappa shape index (κ1) is 20.4. The number of carbonyl (C=O) groups excluding carboxylic acids is 1. The van der Waals surface area contributed by atoms with Crippen LogP contribution in [0.1, 0.15) is 22.5 Å². The molecule has 2 heterocycles. The number of amides is 1. The summed E-state index contributed by atoms with van der Waals surface area (Å²) in [5.41, 5.74) is -1.21. The summed E-state index contributed by atoms with van der Waals surface area (Å²) in [6.45, 7) is -1.23. The zero-order chi connectivity index (χ0) is 20.7. The minimum absolute atomic E-state index is 0.00789. The molecule has 0 aliphatic carbocycles. The number of nitrogens with one attached hydrogen (secondary N) is 2. The first-order valence-electron chi connectivity index (χ1n) is 8.33. The number of anilines is 1. The van der Waals surface area contributed by atoms with Crippen LogP contribution in [-0.4, -0.2) is 47.9 Å². The Labute approximate surface area is 159 Å². The van der Waals surface area contributed by atoms with Gasteiger partial charge in [-0.15, -0.1) is 0 Å². The molecule has 3 rings (SSSR count). The van der Waals surface area contributed by atoms with Gasteiger partial charge in [0.2, 0.25) is 10.0 Å². The number of halogens is 2. The van der Waals surface area contributed by atoms with Gasteiger partial charge >= 0.3 is 0 Å². The molecule has 4 N–H and O–H groups in total. The van der Waals surface area contributed by atoms with Crippen molar-refractivity contribution in [1.82, 2.24) is 9.29 Å². The average Bonchev–Trinajstić information content (AvgIpc) is 2.94. The third kappa shape index (κ3) is 3.53. The molecule has 0 atom stereocenters. The predicted molar refractivity (Wildman–Crippen MR) is 95.3 cm³/mol. The Balaban J connectivity index is 2.00. The smallest absolute Gasteiger partial charge is 0.272 e. The molecule has 0 saturated carbocycles. The van der Waals surface area contributed by atoms with Gasteiger partial charge in [-0.2, -0.15) is 0 Å². The Morgan fingerprint density at radius 2 is 1.96 bits per heavy atom. The number of fused-ring (bicyclic) bond motifs is 1. The van der Waals surface area contributed by atoms with Crippen LogP contribution < -0.4 is 10.0 Å². The van der Waals surface area contributed by atoms with E-state index in [-0.39, 0.29) is 34.7 Å². The zero-order valence-corrected chi connectivity index (χ0v) is 15.7. The van der Waals surface area contributed by atoms with Gasteiger partial charge in [0.1, 0.15) is 10.6 Å². The van der Waals surface area contributed by atoms with Crippen molar-refractivity contribution in [2.24, 2.45) is 7.05 Å². The second-order valence-corrected chi connectivity index (χ2v) is 8.37. The van der Waals surface area contributed by atoms with Crippen LogP contribution in [0, 0.1) is 11.6 Å². The van der Waals surface area contributed by atoms with Gasteiger partial charge < -0.3 is 20.1 Å². The summed E-state index contributed by atoms with van der Waals surface area (Å²) in [6.07, 6.45) is 1.40. The fourth-order valence-corrected chi connectivity index (χ4v) is 4.94. The van der Waals surface area contributed by atoms with Crippen LogP contribution in [0.5, 0.6) is 0 Å². The lowest BCUT2D eigenvalue weighted by atomic mass is 9.94. The Kier molecular flexibility index (Phi) is 5.28. The lowest BCUT2D eigenvalue weighted by molar-refractivity contribution is 0.101. The molecule has 1 aromatic heterocycles. The van der Waals surface area contributed by atoms with E-state index in [4.69, 9.17) is 0 Å². The van der Waals surface area contributed by atoms with Gasteiger partial charge in [0.15, 0.2) is 11.6 Å². The Morgan fingerprint density at radius 3 is 2.57 bits per heavy atom. The molecule has 0 radical (unpaired) electrons. The molecule has 1 aliphatic heterocycles. The molecule has 1 amide bonds. The number of aliphatic hydroxyl groups excluding tert-OH is 2. The number of benzene rings is 1. The zero-order valence-electron chi connectivity index (χ0n) is 14.9. The highest BCUT2D eigenvalue weighted by Gasteiger charge is 2.40.